The van der Waals surface area contributed by atoms with Gasteiger partial charge in [-0.2, -0.15) is 0 Å². The van der Waals surface area contributed by atoms with Crippen LogP contribution in [0.2, 0.25) is 5.02 Å². The molecule has 0 saturated carbocycles. The van der Waals surface area contributed by atoms with Gasteiger partial charge >= 0.3 is 0 Å². The van der Waals surface area contributed by atoms with Crippen molar-refractivity contribution in [3.8, 4) is 0 Å². The van der Waals surface area contributed by atoms with Crippen LogP contribution in [0.15, 0.2) is 53.4 Å². The molecule has 1 amide bonds. The fraction of sp³-hybridized carbons (Fsp3) is 0.133. The molecule has 0 saturated heterocycles. The third-order valence-electron chi connectivity index (χ3n) is 2.82. The summed E-state index contributed by atoms with van der Waals surface area (Å²) in [5.41, 5.74) is 1.01. The Kier molecular flexibility index (Phi) is 5.80. The highest BCUT2D eigenvalue weighted by Gasteiger charge is 2.06. The number of thioether (sulfide) groups is 1. The number of rotatable bonds is 6. The minimum atomic E-state index is -0.451. The van der Waals surface area contributed by atoms with Crippen LogP contribution in [0.25, 0.3) is 0 Å². The first kappa shape index (κ1) is 16.3. The highest BCUT2D eigenvalue weighted by Crippen LogP contribution is 2.21. The van der Waals surface area contributed by atoms with Crippen LogP contribution < -0.4 is 5.32 Å². The molecule has 0 bridgehead atoms. The summed E-state index contributed by atoms with van der Waals surface area (Å²) < 4.78 is 0. The summed E-state index contributed by atoms with van der Waals surface area (Å²) in [7, 11) is 0. The van der Waals surface area contributed by atoms with Gasteiger partial charge in [0.15, 0.2) is 0 Å². The molecule has 7 heteroatoms. The van der Waals surface area contributed by atoms with Crippen LogP contribution in [0.3, 0.4) is 0 Å². The first-order chi connectivity index (χ1) is 10.5. The van der Waals surface area contributed by atoms with E-state index in [4.69, 9.17) is 11.6 Å². The zero-order valence-corrected chi connectivity index (χ0v) is 13.1. The number of amides is 1. The summed E-state index contributed by atoms with van der Waals surface area (Å²) in [5, 5.41) is 14.0. The van der Waals surface area contributed by atoms with Gasteiger partial charge in [0.05, 0.1) is 10.7 Å². The van der Waals surface area contributed by atoms with Crippen molar-refractivity contribution in [2.45, 2.75) is 11.4 Å². The molecule has 0 fully saturated rings. The Labute approximate surface area is 136 Å². The van der Waals surface area contributed by atoms with Crippen LogP contribution in [0.1, 0.15) is 5.56 Å². The summed E-state index contributed by atoms with van der Waals surface area (Å²) in [5.74, 6) is 0.157. The predicted octanol–water partition coefficient (Wildman–Crippen LogP) is 3.66. The van der Waals surface area contributed by atoms with Crippen molar-refractivity contribution >= 4 is 35.0 Å². The lowest BCUT2D eigenvalue weighted by atomic mass is 10.2. The van der Waals surface area contributed by atoms with Gasteiger partial charge in [-0.05, 0) is 29.8 Å². The number of carbonyl (C=O) groups excluding carboxylic acids is 1. The molecule has 0 heterocycles. The zero-order chi connectivity index (χ0) is 15.9. The minimum absolute atomic E-state index is 0.0385. The van der Waals surface area contributed by atoms with E-state index in [1.165, 1.54) is 23.9 Å². The van der Waals surface area contributed by atoms with E-state index in [2.05, 4.69) is 5.32 Å². The van der Waals surface area contributed by atoms with Crippen LogP contribution in [0.5, 0.6) is 0 Å². The van der Waals surface area contributed by atoms with Crippen molar-refractivity contribution in [3.63, 3.8) is 0 Å². The van der Waals surface area contributed by atoms with Gasteiger partial charge in [-0.25, -0.2) is 0 Å². The van der Waals surface area contributed by atoms with Crippen molar-refractivity contribution in [1.29, 1.82) is 0 Å². The minimum Gasteiger partial charge on any atom is -0.351 e. The lowest BCUT2D eigenvalue weighted by molar-refractivity contribution is -0.384. The Morgan fingerprint density at radius 2 is 1.77 bits per heavy atom. The Bertz CT molecular complexity index is 659. The number of nitro groups is 1. The van der Waals surface area contributed by atoms with Crippen molar-refractivity contribution in [2.24, 2.45) is 0 Å². The number of hydrogen-bond donors (Lipinski definition) is 1. The van der Waals surface area contributed by atoms with Gasteiger partial charge in [0, 0.05) is 28.6 Å². The first-order valence-corrected chi connectivity index (χ1v) is 7.79. The van der Waals surface area contributed by atoms with Crippen LogP contribution in [0.4, 0.5) is 5.69 Å². The molecule has 1 N–H and O–H groups in total. The maximum atomic E-state index is 11.8. The molecule has 2 aromatic carbocycles. The molecule has 2 rings (SSSR count). The molecule has 114 valence electrons. The topological polar surface area (TPSA) is 72.2 Å². The summed E-state index contributed by atoms with van der Waals surface area (Å²) in [6.45, 7) is 0.441. The highest BCUT2D eigenvalue weighted by atomic mass is 35.5. The van der Waals surface area contributed by atoms with E-state index in [-0.39, 0.29) is 17.3 Å². The molecule has 0 aliphatic heterocycles. The number of nitrogens with zero attached hydrogens (tertiary/aromatic N) is 1. The van der Waals surface area contributed by atoms with Gasteiger partial charge in [-0.3, -0.25) is 14.9 Å². The van der Waals surface area contributed by atoms with Gasteiger partial charge in [0.25, 0.3) is 5.69 Å². The SMILES string of the molecule is O=C(CSc1ccc([N+](=O)[O-])cc1)NCc1ccc(Cl)cc1. The van der Waals surface area contributed by atoms with Gasteiger partial charge in [-0.1, -0.05) is 23.7 Å². The second-order valence-corrected chi connectivity index (χ2v) is 5.93. The second kappa shape index (κ2) is 7.82. The van der Waals surface area contributed by atoms with Crippen LogP contribution in [-0.4, -0.2) is 16.6 Å². The van der Waals surface area contributed by atoms with Gasteiger partial charge in [0.2, 0.25) is 5.91 Å². The molecule has 2 aromatic rings. The molecule has 0 aliphatic rings. The normalized spacial score (nSPS) is 10.2. The summed E-state index contributed by atoms with van der Waals surface area (Å²) in [6.07, 6.45) is 0. The third-order valence-corrected chi connectivity index (χ3v) is 4.08. The van der Waals surface area contributed by atoms with Gasteiger partial charge in [0.1, 0.15) is 0 Å². The van der Waals surface area contributed by atoms with Crippen molar-refractivity contribution in [3.05, 3.63) is 69.2 Å². The van der Waals surface area contributed by atoms with Gasteiger partial charge < -0.3 is 5.32 Å². The van der Waals surface area contributed by atoms with E-state index >= 15 is 0 Å². The number of non-ortho nitro benzene ring substituents is 1. The Hall–Kier alpha value is -2.05. The van der Waals surface area contributed by atoms with E-state index in [1.807, 2.05) is 12.1 Å². The molecular formula is C15H13ClN2O3S. The number of carbonyl (C=O) groups is 1. The quantitative estimate of drug-likeness (QED) is 0.496. The number of nitrogens with one attached hydrogen (secondary N) is 1. The number of hydrogen-bond acceptors (Lipinski definition) is 4. The van der Waals surface area contributed by atoms with Crippen molar-refractivity contribution < 1.29 is 9.72 Å². The molecule has 0 spiro atoms. The lowest BCUT2D eigenvalue weighted by Gasteiger charge is -2.05. The van der Waals surface area contributed by atoms with E-state index in [1.54, 1.807) is 24.3 Å². The average molecular weight is 337 g/mol. The van der Waals surface area contributed by atoms with E-state index < -0.39 is 4.92 Å². The maximum absolute atomic E-state index is 11.8. The van der Waals surface area contributed by atoms with Crippen molar-refractivity contribution in [1.82, 2.24) is 5.32 Å². The molecule has 0 unspecified atom stereocenters. The largest absolute Gasteiger partial charge is 0.351 e. The molecular weight excluding hydrogens is 324 g/mol. The number of nitro benzene ring substituents is 1. The number of benzene rings is 2. The van der Waals surface area contributed by atoms with Crippen LogP contribution in [0, 0.1) is 10.1 Å². The van der Waals surface area contributed by atoms with Crippen molar-refractivity contribution in [2.75, 3.05) is 5.75 Å². The van der Waals surface area contributed by atoms with E-state index in [0.717, 1.165) is 10.5 Å². The van der Waals surface area contributed by atoms with Gasteiger partial charge in [-0.15, -0.1) is 11.8 Å². The first-order valence-electron chi connectivity index (χ1n) is 6.43. The standard InChI is InChI=1S/C15H13ClN2O3S/c16-12-3-1-11(2-4-12)9-17-15(19)10-22-14-7-5-13(6-8-14)18(20)21/h1-8H,9-10H2,(H,17,19). The Balaban J connectivity index is 1.77. The average Bonchev–Trinajstić information content (AvgIpc) is 2.52. The summed E-state index contributed by atoms with van der Waals surface area (Å²) >= 11 is 7.12. The third kappa shape index (κ3) is 5.05. The fourth-order valence-electron chi connectivity index (χ4n) is 1.67. The van der Waals surface area contributed by atoms with E-state index in [0.29, 0.717) is 11.6 Å². The number of halogens is 1. The maximum Gasteiger partial charge on any atom is 0.269 e. The van der Waals surface area contributed by atoms with E-state index in [9.17, 15) is 14.9 Å². The highest BCUT2D eigenvalue weighted by molar-refractivity contribution is 8.00. The summed E-state index contributed by atoms with van der Waals surface area (Å²) in [6, 6.07) is 13.4. The molecule has 0 aliphatic carbocycles. The summed E-state index contributed by atoms with van der Waals surface area (Å²) in [4.78, 5) is 22.7. The second-order valence-electron chi connectivity index (χ2n) is 4.44. The Morgan fingerprint density at radius 1 is 1.14 bits per heavy atom. The fourth-order valence-corrected chi connectivity index (χ4v) is 2.52. The smallest absolute Gasteiger partial charge is 0.269 e. The molecule has 0 aromatic heterocycles. The molecule has 0 radical (unpaired) electrons. The zero-order valence-electron chi connectivity index (χ0n) is 11.5. The Morgan fingerprint density at radius 3 is 2.36 bits per heavy atom. The predicted molar refractivity (Wildman–Crippen MR) is 87.1 cm³/mol. The monoisotopic (exact) mass is 336 g/mol. The van der Waals surface area contributed by atoms with Crippen LogP contribution >= 0.6 is 23.4 Å². The molecule has 0 atom stereocenters. The molecule has 5 nitrogen and oxygen atoms in total. The molecule has 22 heavy (non-hydrogen) atoms. The van der Waals surface area contributed by atoms with Crippen LogP contribution in [-0.2, 0) is 11.3 Å². The lowest BCUT2D eigenvalue weighted by Crippen LogP contribution is -2.24.